The van der Waals surface area contributed by atoms with Crippen LogP contribution in [0.3, 0.4) is 0 Å². The fourth-order valence-corrected chi connectivity index (χ4v) is 3.18. The summed E-state index contributed by atoms with van der Waals surface area (Å²) in [7, 11) is 0. The highest BCUT2D eigenvalue weighted by molar-refractivity contribution is 5.07. The van der Waals surface area contributed by atoms with E-state index in [0.717, 1.165) is 12.0 Å². The van der Waals surface area contributed by atoms with Crippen LogP contribution in [-0.4, -0.2) is 12.6 Å². The van der Waals surface area contributed by atoms with E-state index < -0.39 is 0 Å². The molecule has 92 valence electrons. The van der Waals surface area contributed by atoms with Crippen molar-refractivity contribution in [3.8, 4) is 0 Å². The van der Waals surface area contributed by atoms with Gasteiger partial charge >= 0.3 is 0 Å². The average molecular weight is 221 g/mol. The maximum absolute atomic E-state index is 3.75. The topological polar surface area (TPSA) is 12.0 Å². The molecule has 1 fully saturated rings. The minimum Gasteiger partial charge on any atom is -0.314 e. The zero-order valence-electron chi connectivity index (χ0n) is 10.8. The highest BCUT2D eigenvalue weighted by atomic mass is 14.9. The molecule has 1 saturated carbocycles. The molecule has 1 nitrogen and oxygen atoms in total. The first-order chi connectivity index (χ1) is 7.88. The molecule has 0 aromatic heterocycles. The highest BCUT2D eigenvalue weighted by Crippen LogP contribution is 2.26. The second-order valence-electron chi connectivity index (χ2n) is 5.58. The van der Waals surface area contributed by atoms with E-state index in [1.165, 1.54) is 64.3 Å². The van der Waals surface area contributed by atoms with Gasteiger partial charge in [-0.3, -0.25) is 0 Å². The van der Waals surface area contributed by atoms with E-state index in [2.05, 4.69) is 18.3 Å². The Hall–Kier alpha value is -0.300. The molecule has 0 heterocycles. The summed E-state index contributed by atoms with van der Waals surface area (Å²) in [6, 6.07) is 0.824. The third-order valence-electron chi connectivity index (χ3n) is 4.44. The van der Waals surface area contributed by atoms with Crippen molar-refractivity contribution >= 4 is 0 Å². The molecule has 0 bridgehead atoms. The molecule has 2 rings (SSSR count). The van der Waals surface area contributed by atoms with Crippen LogP contribution < -0.4 is 5.32 Å². The van der Waals surface area contributed by atoms with E-state index in [1.807, 2.05) is 0 Å². The van der Waals surface area contributed by atoms with E-state index in [4.69, 9.17) is 0 Å². The predicted molar refractivity (Wildman–Crippen MR) is 70.6 cm³/mol. The Kier molecular flexibility index (Phi) is 4.90. The second-order valence-corrected chi connectivity index (χ2v) is 5.58. The van der Waals surface area contributed by atoms with Crippen LogP contribution >= 0.6 is 0 Å². The van der Waals surface area contributed by atoms with Crippen molar-refractivity contribution in [2.75, 3.05) is 6.54 Å². The summed E-state index contributed by atoms with van der Waals surface area (Å²) in [6.07, 6.45) is 15.0. The van der Waals surface area contributed by atoms with Crippen molar-refractivity contribution < 1.29 is 0 Å². The van der Waals surface area contributed by atoms with Gasteiger partial charge in [0, 0.05) is 6.04 Å². The van der Waals surface area contributed by atoms with Gasteiger partial charge in [0.1, 0.15) is 0 Å². The normalized spacial score (nSPS) is 30.4. The maximum Gasteiger partial charge on any atom is 0.00673 e. The summed E-state index contributed by atoms with van der Waals surface area (Å²) in [6.45, 7) is 3.55. The zero-order valence-corrected chi connectivity index (χ0v) is 10.8. The molecular weight excluding hydrogens is 194 g/mol. The van der Waals surface area contributed by atoms with Gasteiger partial charge in [-0.05, 0) is 63.8 Å². The Morgan fingerprint density at radius 1 is 1.25 bits per heavy atom. The summed E-state index contributed by atoms with van der Waals surface area (Å²) in [5, 5.41) is 3.75. The molecule has 0 saturated heterocycles. The Labute approximate surface area is 101 Å². The molecule has 0 aromatic carbocycles. The van der Waals surface area contributed by atoms with E-state index in [1.54, 1.807) is 5.57 Å². The molecule has 1 N–H and O–H groups in total. The lowest BCUT2D eigenvalue weighted by Gasteiger charge is -2.28. The molecule has 0 aliphatic heterocycles. The number of hydrogen-bond donors (Lipinski definition) is 1. The zero-order chi connectivity index (χ0) is 11.2. The van der Waals surface area contributed by atoms with Crippen LogP contribution in [0.25, 0.3) is 0 Å². The van der Waals surface area contributed by atoms with Crippen LogP contribution in [0.1, 0.15) is 64.7 Å². The van der Waals surface area contributed by atoms with Crippen LogP contribution in [0, 0.1) is 5.92 Å². The van der Waals surface area contributed by atoms with Crippen LogP contribution in [0.5, 0.6) is 0 Å². The van der Waals surface area contributed by atoms with Gasteiger partial charge in [-0.1, -0.05) is 25.0 Å². The number of allylic oxidation sites excluding steroid dienone is 1. The predicted octanol–water partition coefficient (Wildman–Crippen LogP) is 4.05. The SMILES string of the molecule is CCC1CCC(NCCC2=CCCC2)CC1. The van der Waals surface area contributed by atoms with Crippen molar-refractivity contribution in [2.24, 2.45) is 5.92 Å². The molecule has 2 aliphatic carbocycles. The minimum absolute atomic E-state index is 0.824. The smallest absolute Gasteiger partial charge is 0.00673 e. The van der Waals surface area contributed by atoms with Gasteiger partial charge in [-0.15, -0.1) is 0 Å². The first-order valence-corrected chi connectivity index (χ1v) is 7.29. The molecule has 0 radical (unpaired) electrons. The van der Waals surface area contributed by atoms with E-state index in [-0.39, 0.29) is 0 Å². The third kappa shape index (κ3) is 3.62. The summed E-state index contributed by atoms with van der Waals surface area (Å²) >= 11 is 0. The summed E-state index contributed by atoms with van der Waals surface area (Å²) in [4.78, 5) is 0. The largest absolute Gasteiger partial charge is 0.314 e. The Morgan fingerprint density at radius 2 is 2.06 bits per heavy atom. The fraction of sp³-hybridized carbons (Fsp3) is 0.867. The standard InChI is InChI=1S/C15H27N/c1-2-13-7-9-15(10-8-13)16-12-11-14-5-3-4-6-14/h5,13,15-16H,2-4,6-12H2,1H3. The summed E-state index contributed by atoms with van der Waals surface area (Å²) in [5.41, 5.74) is 1.70. The second kappa shape index (κ2) is 6.44. The average Bonchev–Trinajstić information content (AvgIpc) is 2.83. The van der Waals surface area contributed by atoms with E-state index in [0.29, 0.717) is 0 Å². The molecule has 1 heteroatoms. The van der Waals surface area contributed by atoms with Gasteiger partial charge < -0.3 is 5.32 Å². The molecule has 0 spiro atoms. The lowest BCUT2D eigenvalue weighted by molar-refractivity contribution is 0.287. The monoisotopic (exact) mass is 221 g/mol. The van der Waals surface area contributed by atoms with Crippen LogP contribution in [0.4, 0.5) is 0 Å². The van der Waals surface area contributed by atoms with E-state index in [9.17, 15) is 0 Å². The number of hydrogen-bond acceptors (Lipinski definition) is 1. The van der Waals surface area contributed by atoms with Crippen molar-refractivity contribution in [1.82, 2.24) is 5.32 Å². The molecule has 16 heavy (non-hydrogen) atoms. The summed E-state index contributed by atoms with van der Waals surface area (Å²) < 4.78 is 0. The molecule has 0 unspecified atom stereocenters. The van der Waals surface area contributed by atoms with Crippen LogP contribution in [-0.2, 0) is 0 Å². The van der Waals surface area contributed by atoms with Gasteiger partial charge in [-0.2, -0.15) is 0 Å². The fourth-order valence-electron chi connectivity index (χ4n) is 3.18. The molecule has 0 amide bonds. The van der Waals surface area contributed by atoms with E-state index >= 15 is 0 Å². The number of nitrogens with one attached hydrogen (secondary N) is 1. The van der Waals surface area contributed by atoms with Crippen molar-refractivity contribution in [3.63, 3.8) is 0 Å². The van der Waals surface area contributed by atoms with Crippen LogP contribution in [0.2, 0.25) is 0 Å². The highest BCUT2D eigenvalue weighted by Gasteiger charge is 2.19. The Morgan fingerprint density at radius 3 is 2.69 bits per heavy atom. The van der Waals surface area contributed by atoms with Crippen molar-refractivity contribution in [2.45, 2.75) is 70.8 Å². The first kappa shape index (κ1) is 12.2. The maximum atomic E-state index is 3.75. The minimum atomic E-state index is 0.824. The van der Waals surface area contributed by atoms with Gasteiger partial charge in [0.2, 0.25) is 0 Å². The lowest BCUT2D eigenvalue weighted by atomic mass is 9.84. The third-order valence-corrected chi connectivity index (χ3v) is 4.44. The number of rotatable bonds is 5. The molecule has 0 aromatic rings. The lowest BCUT2D eigenvalue weighted by Crippen LogP contribution is -2.33. The van der Waals surface area contributed by atoms with Crippen LogP contribution in [0.15, 0.2) is 11.6 Å². The van der Waals surface area contributed by atoms with Gasteiger partial charge in [0.05, 0.1) is 0 Å². The van der Waals surface area contributed by atoms with Gasteiger partial charge in [-0.25, -0.2) is 0 Å². The quantitative estimate of drug-likeness (QED) is 0.691. The van der Waals surface area contributed by atoms with Crippen molar-refractivity contribution in [3.05, 3.63) is 11.6 Å². The molecule has 2 aliphatic rings. The van der Waals surface area contributed by atoms with Gasteiger partial charge in [0.15, 0.2) is 0 Å². The molecular formula is C15H27N. The Balaban J connectivity index is 1.56. The van der Waals surface area contributed by atoms with Gasteiger partial charge in [0.25, 0.3) is 0 Å². The summed E-state index contributed by atoms with van der Waals surface area (Å²) in [5.74, 6) is 1.02. The Bertz CT molecular complexity index is 224. The van der Waals surface area contributed by atoms with Crippen molar-refractivity contribution in [1.29, 1.82) is 0 Å². The molecule has 0 atom stereocenters. The first-order valence-electron chi connectivity index (χ1n) is 7.29.